The van der Waals surface area contributed by atoms with E-state index in [0.717, 1.165) is 114 Å². The molecule has 85 heavy (non-hydrogen) atoms. The van der Waals surface area contributed by atoms with Gasteiger partial charge in [0, 0.05) is 24.6 Å². The van der Waals surface area contributed by atoms with E-state index < -0.39 is 11.9 Å². The summed E-state index contributed by atoms with van der Waals surface area (Å²) in [7, 11) is 7.97. The van der Waals surface area contributed by atoms with Gasteiger partial charge in [-0.05, 0) is 105 Å². The summed E-state index contributed by atoms with van der Waals surface area (Å²) in [6, 6.07) is 0. The largest absolute Gasteiger partial charge is 0.461 e. The van der Waals surface area contributed by atoms with Gasteiger partial charge in [0.1, 0.15) is 38.5 Å². The Labute approximate surface area is 540 Å². The van der Waals surface area contributed by atoms with Gasteiger partial charge < -0.3 is 33.6 Å². The van der Waals surface area contributed by atoms with E-state index >= 15 is 0 Å². The van der Waals surface area contributed by atoms with Gasteiger partial charge in [-0.1, -0.05) is 245 Å². The predicted octanol–water partition coefficient (Wildman–Crippen LogP) is 18.1. The summed E-state index contributed by atoms with van der Waals surface area (Å²) in [6.45, 7) is 15.1. The van der Waals surface area contributed by atoms with Crippen LogP contribution in [0.2, 0.25) is 0 Å². The van der Waals surface area contributed by atoms with Crippen molar-refractivity contribution in [2.24, 2.45) is 0 Å². The van der Waals surface area contributed by atoms with Crippen molar-refractivity contribution >= 4 is 65.9 Å². The molecule has 0 bridgehead atoms. The third-order valence-corrected chi connectivity index (χ3v) is 15.4. The molecule has 0 rings (SSSR count). The number of nitrogens with one attached hydrogen (secondary N) is 1. The molecule has 0 atom stereocenters. The first kappa shape index (κ1) is 89.1. The van der Waals surface area contributed by atoms with Crippen LogP contribution in [-0.2, 0) is 38.1 Å². The third-order valence-electron chi connectivity index (χ3n) is 14.3. The number of allylic oxidation sites excluding steroid dienone is 2. The van der Waals surface area contributed by atoms with Gasteiger partial charge >= 0.3 is 23.9 Å². The average molecular weight is 1260 g/mol. The van der Waals surface area contributed by atoms with Gasteiger partial charge in [0.15, 0.2) is 0 Å². The van der Waals surface area contributed by atoms with Crippen LogP contribution >= 0.6 is 36.8 Å². The van der Waals surface area contributed by atoms with Crippen molar-refractivity contribution in [2.75, 3.05) is 92.2 Å². The Morgan fingerprint density at radius 2 is 0.753 bits per heavy atom. The van der Waals surface area contributed by atoms with E-state index in [1.807, 2.05) is 51.3 Å². The van der Waals surface area contributed by atoms with Gasteiger partial charge in [-0.2, -0.15) is 12.6 Å². The number of halogens is 1. The van der Waals surface area contributed by atoms with Crippen molar-refractivity contribution in [3.05, 3.63) is 24.3 Å². The molecule has 0 aromatic carbocycles. The molecule has 0 aliphatic rings. The summed E-state index contributed by atoms with van der Waals surface area (Å²) in [4.78, 5) is 68.3. The number of ether oxygens (including phenoxy) is 4. The van der Waals surface area contributed by atoms with Crippen LogP contribution < -0.4 is 5.32 Å². The van der Waals surface area contributed by atoms with Gasteiger partial charge in [-0.3, -0.25) is 29.3 Å². The molecule has 0 aliphatic carbocycles. The molecule has 16 heteroatoms. The molecule has 0 aromatic rings. The predicted molar refractivity (Wildman–Crippen MR) is 370 cm³/mol. The van der Waals surface area contributed by atoms with Crippen LogP contribution in [0.25, 0.3) is 0 Å². The molecule has 1 N–H and O–H groups in total. The molecular formula is C69H135ClN4O9S2. The van der Waals surface area contributed by atoms with Gasteiger partial charge in [0.05, 0.1) is 13.1 Å². The van der Waals surface area contributed by atoms with Crippen LogP contribution in [0.3, 0.4) is 0 Å². The second-order valence-electron chi connectivity index (χ2n) is 23.4. The Hall–Kier alpha value is -2.30. The highest BCUT2D eigenvalue weighted by atomic mass is 35.5. The number of hydrogen-bond acceptors (Lipinski definition) is 14. The fourth-order valence-electron chi connectivity index (χ4n) is 9.08. The number of thioether (sulfide) groups is 1. The lowest BCUT2D eigenvalue weighted by Crippen LogP contribution is -2.39. The van der Waals surface area contributed by atoms with E-state index in [1.54, 1.807) is 0 Å². The molecule has 0 fully saturated rings. The molecule has 0 saturated carbocycles. The van der Waals surface area contributed by atoms with E-state index in [4.69, 9.17) is 18.9 Å². The summed E-state index contributed by atoms with van der Waals surface area (Å²) in [5.74, 6) is -0.0429. The number of hydrogen-bond donors (Lipinski definition) is 2. The lowest BCUT2D eigenvalue weighted by molar-refractivity contribution is -0.152. The highest BCUT2D eigenvalue weighted by Gasteiger charge is 2.24. The minimum atomic E-state index is -0.513. The normalized spacial score (nSPS) is 11.2. The molecule has 0 saturated heterocycles. The first-order valence-electron chi connectivity index (χ1n) is 34.3. The first-order valence-corrected chi connectivity index (χ1v) is 35.9. The van der Waals surface area contributed by atoms with E-state index in [1.165, 1.54) is 165 Å². The Morgan fingerprint density at radius 3 is 1.12 bits per heavy atom. The number of thiol groups is 1. The van der Waals surface area contributed by atoms with Crippen molar-refractivity contribution in [3.8, 4) is 0 Å². The lowest BCUT2D eigenvalue weighted by atomic mass is 10.0. The van der Waals surface area contributed by atoms with Crippen molar-refractivity contribution in [2.45, 2.75) is 298 Å². The standard InChI is InChI=1S/C35H66N2O5S.C30H57NO4.C4H11NS.ClH/c1-6-9-12-15-18-21-24-28-41-33(38)30-37(35(40)43-29-27-36(4)5)31-34(39)42-32(25-22-19-16-13-10-7-2)26-23-20-17-14-11-8-3;1-4-7-10-13-16-19-22-25-34-29(32)26-31-27-30(33)35-28(23-20-17-14-11-8-5-2)24-21-18-15-12-9-6-3;1-5(2)3-4-6;/h21,24,32H,6-20,22-23,25-31H2,1-5H3;19,22,28,31H,4-18,20-21,23-27H2,1-3H3;6H,3-4H2,1-2H3;1H/b24-21-;22-19-;;. The number of nitrogens with zero attached hydrogens (tertiary/aromatic N) is 3. The second kappa shape index (κ2) is 72.4. The first-order chi connectivity index (χ1) is 40.7. The Kier molecular flexibility index (Phi) is 76.0. The maximum Gasteiger partial charge on any atom is 0.326 e. The second-order valence-corrected chi connectivity index (χ2v) is 24.9. The fraction of sp³-hybridized carbons (Fsp3) is 0.870. The van der Waals surface area contributed by atoms with Crippen LogP contribution in [0.15, 0.2) is 24.3 Å². The Morgan fingerprint density at radius 1 is 0.424 bits per heavy atom. The molecule has 13 nitrogen and oxygen atoms in total. The molecule has 0 spiro atoms. The van der Waals surface area contributed by atoms with E-state index in [0.29, 0.717) is 5.75 Å². The highest BCUT2D eigenvalue weighted by Crippen LogP contribution is 2.20. The van der Waals surface area contributed by atoms with Crippen LogP contribution in [0, 0.1) is 0 Å². The van der Waals surface area contributed by atoms with Crippen LogP contribution in [0.5, 0.6) is 0 Å². The minimum absolute atomic E-state index is 0. The molecule has 0 aromatic heterocycles. The van der Waals surface area contributed by atoms with E-state index in [2.05, 4.69) is 70.5 Å². The van der Waals surface area contributed by atoms with Crippen molar-refractivity contribution in [1.29, 1.82) is 0 Å². The molecule has 504 valence electrons. The number of rotatable bonds is 57. The number of carbonyl (C=O) groups excluding carboxylic acids is 5. The van der Waals surface area contributed by atoms with Crippen molar-refractivity contribution in [3.63, 3.8) is 0 Å². The smallest absolute Gasteiger partial charge is 0.326 e. The van der Waals surface area contributed by atoms with Gasteiger partial charge in [0.25, 0.3) is 5.24 Å². The number of esters is 4. The summed E-state index contributed by atoms with van der Waals surface area (Å²) in [5.41, 5.74) is 0. The Balaban J connectivity index is -0.000000706. The average Bonchev–Trinajstić information content (AvgIpc) is 3.49. The molecular weight excluding hydrogens is 1130 g/mol. The summed E-state index contributed by atoms with van der Waals surface area (Å²) in [6.07, 6.45) is 52.2. The third kappa shape index (κ3) is 72.3. The van der Waals surface area contributed by atoms with Crippen LogP contribution in [-0.4, -0.2) is 148 Å². The molecule has 0 unspecified atom stereocenters. The van der Waals surface area contributed by atoms with Crippen LogP contribution in [0.4, 0.5) is 4.79 Å². The van der Waals surface area contributed by atoms with Crippen molar-refractivity contribution in [1.82, 2.24) is 20.0 Å². The van der Waals surface area contributed by atoms with Crippen LogP contribution in [0.1, 0.15) is 286 Å². The zero-order valence-corrected chi connectivity index (χ0v) is 59.2. The summed E-state index contributed by atoms with van der Waals surface area (Å²) < 4.78 is 22.3. The maximum absolute atomic E-state index is 13.1. The zero-order valence-electron chi connectivity index (χ0n) is 56.7. The van der Waals surface area contributed by atoms with Crippen molar-refractivity contribution < 1.29 is 42.9 Å². The molecule has 0 heterocycles. The number of carbonyl (C=O) groups is 5. The highest BCUT2D eigenvalue weighted by molar-refractivity contribution is 8.13. The van der Waals surface area contributed by atoms with Gasteiger partial charge in [-0.25, -0.2) is 0 Å². The molecule has 0 radical (unpaired) electrons. The monoisotopic (exact) mass is 1260 g/mol. The van der Waals surface area contributed by atoms with E-state index in [9.17, 15) is 24.0 Å². The minimum Gasteiger partial charge on any atom is -0.461 e. The van der Waals surface area contributed by atoms with Gasteiger partial charge in [-0.15, -0.1) is 12.4 Å². The summed E-state index contributed by atoms with van der Waals surface area (Å²) >= 11 is 5.14. The topological polar surface area (TPSA) is 144 Å². The SMILES string of the molecule is CCCCCC/C=C\COC(=O)CN(CC(=O)OC(CCCCCCCC)CCCCCCCC)C(=O)SCCN(C)C.CCCCCC/C=C\COC(=O)CNCC(=O)OC(CCCCCCCC)CCCCCCCC.CN(C)CCS.Cl. The number of amides is 1. The molecule has 1 amide bonds. The maximum atomic E-state index is 13.1. The lowest BCUT2D eigenvalue weighted by Gasteiger charge is -2.23. The van der Waals surface area contributed by atoms with Gasteiger partial charge in [0.2, 0.25) is 0 Å². The molecule has 0 aliphatic heterocycles. The van der Waals surface area contributed by atoms with E-state index in [-0.39, 0.29) is 81.2 Å². The number of unbranched alkanes of at least 4 members (excludes halogenated alkanes) is 28. The zero-order chi connectivity index (χ0) is 62.8. The fourth-order valence-corrected chi connectivity index (χ4v) is 10.4. The quantitative estimate of drug-likeness (QED) is 0.0196. The Bertz CT molecular complexity index is 1500. The summed E-state index contributed by atoms with van der Waals surface area (Å²) in [5, 5.41) is 2.57.